The zero-order chi connectivity index (χ0) is 12.7. The smallest absolute Gasteiger partial charge is 0.0510 e. The van der Waals surface area contributed by atoms with Gasteiger partial charge in [-0.15, -0.1) is 0 Å². The maximum absolute atomic E-state index is 6.12. The highest BCUT2D eigenvalue weighted by Crippen LogP contribution is 2.31. The molecule has 1 saturated heterocycles. The molecule has 0 amide bonds. The molecule has 2 unspecified atom stereocenters. The first-order valence-electron chi connectivity index (χ1n) is 6.98. The molecule has 3 heterocycles. The van der Waals surface area contributed by atoms with Crippen molar-refractivity contribution in [3.63, 3.8) is 0 Å². The predicted molar refractivity (Wildman–Crippen MR) is 73.4 cm³/mol. The van der Waals surface area contributed by atoms with Gasteiger partial charge in [0.25, 0.3) is 0 Å². The fourth-order valence-electron chi connectivity index (χ4n) is 3.24. The number of nitrogens with zero attached hydrogens (tertiary/aromatic N) is 2. The number of H-pyrrole nitrogens is 1. The third-order valence-corrected chi connectivity index (χ3v) is 4.47. The van der Waals surface area contributed by atoms with Gasteiger partial charge in [-0.1, -0.05) is 0 Å². The molecule has 4 nitrogen and oxygen atoms in total. The molecule has 0 saturated carbocycles. The van der Waals surface area contributed by atoms with Gasteiger partial charge in [0.15, 0.2) is 0 Å². The van der Waals surface area contributed by atoms with Crippen molar-refractivity contribution in [2.75, 3.05) is 27.2 Å². The molecule has 18 heavy (non-hydrogen) atoms. The summed E-state index contributed by atoms with van der Waals surface area (Å²) >= 11 is 0. The van der Waals surface area contributed by atoms with Crippen LogP contribution in [0.1, 0.15) is 35.8 Å². The Morgan fingerprint density at radius 2 is 2.17 bits per heavy atom. The second-order valence-corrected chi connectivity index (χ2v) is 6.00. The van der Waals surface area contributed by atoms with Crippen molar-refractivity contribution in [3.8, 4) is 0 Å². The van der Waals surface area contributed by atoms with E-state index in [1.807, 2.05) is 0 Å². The minimum absolute atomic E-state index is 0.356. The number of likely N-dealkylation sites (tertiary alicyclic amines) is 1. The van der Waals surface area contributed by atoms with E-state index in [0.717, 1.165) is 25.9 Å². The van der Waals surface area contributed by atoms with Gasteiger partial charge in [0, 0.05) is 30.5 Å². The Kier molecular flexibility index (Phi) is 3.18. The van der Waals surface area contributed by atoms with Gasteiger partial charge in [0.1, 0.15) is 0 Å². The Morgan fingerprint density at radius 3 is 3.00 bits per heavy atom. The molecule has 3 rings (SSSR count). The van der Waals surface area contributed by atoms with Gasteiger partial charge in [-0.25, -0.2) is 0 Å². The molecule has 1 fully saturated rings. The molecule has 0 aliphatic carbocycles. The SMILES string of the molecule is CN1CCc2cc(C3CC(N)CCN3C)[nH]c2C1. The molecule has 2 aliphatic heterocycles. The molecule has 3 N–H and O–H groups in total. The third-order valence-electron chi connectivity index (χ3n) is 4.47. The number of nitrogens with two attached hydrogens (primary N) is 1. The van der Waals surface area contributed by atoms with Crippen LogP contribution in [0.5, 0.6) is 0 Å². The normalized spacial score (nSPS) is 30.4. The molecule has 0 aromatic carbocycles. The lowest BCUT2D eigenvalue weighted by Gasteiger charge is -2.35. The quantitative estimate of drug-likeness (QED) is 0.782. The van der Waals surface area contributed by atoms with Crippen LogP contribution in [0.15, 0.2) is 6.07 Å². The maximum Gasteiger partial charge on any atom is 0.0510 e. The van der Waals surface area contributed by atoms with Gasteiger partial charge in [0.05, 0.1) is 6.04 Å². The van der Waals surface area contributed by atoms with Crippen LogP contribution in [0.3, 0.4) is 0 Å². The second kappa shape index (κ2) is 4.68. The molecular weight excluding hydrogens is 224 g/mol. The number of fused-ring (bicyclic) bond motifs is 1. The highest BCUT2D eigenvalue weighted by atomic mass is 15.2. The zero-order valence-electron chi connectivity index (χ0n) is 11.4. The number of piperidine rings is 1. The Hall–Kier alpha value is -0.840. The number of aromatic nitrogens is 1. The highest BCUT2D eigenvalue weighted by molar-refractivity contribution is 5.30. The van der Waals surface area contributed by atoms with Gasteiger partial charge in [-0.3, -0.25) is 4.90 Å². The first kappa shape index (κ1) is 12.2. The molecule has 100 valence electrons. The Bertz CT molecular complexity index is 425. The largest absolute Gasteiger partial charge is 0.360 e. The van der Waals surface area contributed by atoms with Crippen LogP contribution in [0, 0.1) is 0 Å². The van der Waals surface area contributed by atoms with Crippen LogP contribution in [0.4, 0.5) is 0 Å². The summed E-state index contributed by atoms with van der Waals surface area (Å²) in [5.41, 5.74) is 10.4. The maximum atomic E-state index is 6.12. The summed E-state index contributed by atoms with van der Waals surface area (Å²) < 4.78 is 0. The molecule has 2 atom stereocenters. The summed E-state index contributed by atoms with van der Waals surface area (Å²) in [4.78, 5) is 8.45. The van der Waals surface area contributed by atoms with Crippen molar-refractivity contribution >= 4 is 0 Å². The van der Waals surface area contributed by atoms with Crippen molar-refractivity contribution in [2.45, 2.75) is 37.9 Å². The Morgan fingerprint density at radius 1 is 1.33 bits per heavy atom. The summed E-state index contributed by atoms with van der Waals surface area (Å²) in [6.45, 7) is 3.33. The average molecular weight is 248 g/mol. The predicted octanol–water partition coefficient (Wildman–Crippen LogP) is 1.10. The summed E-state index contributed by atoms with van der Waals surface area (Å²) in [6, 6.07) is 3.21. The van der Waals surface area contributed by atoms with E-state index in [-0.39, 0.29) is 0 Å². The van der Waals surface area contributed by atoms with E-state index >= 15 is 0 Å². The second-order valence-electron chi connectivity index (χ2n) is 6.00. The van der Waals surface area contributed by atoms with Crippen molar-refractivity contribution in [3.05, 3.63) is 23.0 Å². The topological polar surface area (TPSA) is 48.3 Å². The number of hydrogen-bond donors (Lipinski definition) is 2. The summed E-state index contributed by atoms with van der Waals surface area (Å²) in [5.74, 6) is 0. The average Bonchev–Trinajstić information content (AvgIpc) is 2.74. The van der Waals surface area contributed by atoms with Gasteiger partial charge in [-0.2, -0.15) is 0 Å². The molecule has 4 heteroatoms. The molecule has 0 spiro atoms. The van der Waals surface area contributed by atoms with E-state index in [4.69, 9.17) is 5.73 Å². The van der Waals surface area contributed by atoms with Gasteiger partial charge in [0.2, 0.25) is 0 Å². The third kappa shape index (κ3) is 2.20. The molecule has 1 aromatic heterocycles. The van der Waals surface area contributed by atoms with Gasteiger partial charge >= 0.3 is 0 Å². The van der Waals surface area contributed by atoms with E-state index < -0.39 is 0 Å². The van der Waals surface area contributed by atoms with Crippen molar-refractivity contribution in [1.82, 2.24) is 14.8 Å². The lowest BCUT2D eigenvalue weighted by atomic mass is 9.96. The minimum atomic E-state index is 0.356. The van der Waals surface area contributed by atoms with Crippen molar-refractivity contribution in [2.24, 2.45) is 5.73 Å². The number of likely N-dealkylation sites (N-methyl/N-ethyl adjacent to an activating group) is 1. The van der Waals surface area contributed by atoms with Crippen LogP contribution in [0.2, 0.25) is 0 Å². The molecule has 2 aliphatic rings. The van der Waals surface area contributed by atoms with Crippen LogP contribution in [0.25, 0.3) is 0 Å². The lowest BCUT2D eigenvalue weighted by Crippen LogP contribution is -2.40. The molecule has 1 aromatic rings. The fourth-order valence-corrected chi connectivity index (χ4v) is 3.24. The van der Waals surface area contributed by atoms with Crippen LogP contribution in [-0.4, -0.2) is 48.0 Å². The van der Waals surface area contributed by atoms with Crippen LogP contribution in [-0.2, 0) is 13.0 Å². The number of aromatic amines is 1. The summed E-state index contributed by atoms with van der Waals surface area (Å²) in [7, 11) is 4.40. The minimum Gasteiger partial charge on any atom is -0.360 e. The number of rotatable bonds is 1. The van der Waals surface area contributed by atoms with Crippen LogP contribution >= 0.6 is 0 Å². The molecule has 0 bridgehead atoms. The van der Waals surface area contributed by atoms with Gasteiger partial charge in [-0.05, 0) is 51.5 Å². The zero-order valence-corrected chi connectivity index (χ0v) is 11.4. The van der Waals surface area contributed by atoms with Gasteiger partial charge < -0.3 is 15.6 Å². The summed E-state index contributed by atoms with van der Waals surface area (Å²) in [6.07, 6.45) is 3.37. The van der Waals surface area contributed by atoms with E-state index in [1.54, 1.807) is 0 Å². The molecular formula is C14H24N4. The highest BCUT2D eigenvalue weighted by Gasteiger charge is 2.28. The first-order chi connectivity index (χ1) is 8.63. The number of hydrogen-bond acceptors (Lipinski definition) is 3. The standard InChI is InChI=1S/C14H24N4/c1-17-5-3-10-7-12(16-13(10)9-17)14-8-11(15)4-6-18(14)2/h7,11,14,16H,3-6,8-9,15H2,1-2H3. The van der Waals surface area contributed by atoms with Crippen molar-refractivity contribution in [1.29, 1.82) is 0 Å². The Labute approximate surface area is 109 Å². The van der Waals surface area contributed by atoms with E-state index in [1.165, 1.54) is 29.9 Å². The van der Waals surface area contributed by atoms with Crippen molar-refractivity contribution < 1.29 is 0 Å². The van der Waals surface area contributed by atoms with E-state index in [9.17, 15) is 0 Å². The number of nitrogens with one attached hydrogen (secondary N) is 1. The Balaban J connectivity index is 1.83. The fraction of sp³-hybridized carbons (Fsp3) is 0.714. The van der Waals surface area contributed by atoms with Crippen LogP contribution < -0.4 is 5.73 Å². The first-order valence-corrected chi connectivity index (χ1v) is 6.98. The van der Waals surface area contributed by atoms with E-state index in [0.29, 0.717) is 12.1 Å². The monoisotopic (exact) mass is 248 g/mol. The summed E-state index contributed by atoms with van der Waals surface area (Å²) in [5, 5.41) is 0. The lowest BCUT2D eigenvalue weighted by molar-refractivity contribution is 0.168. The van der Waals surface area contributed by atoms with E-state index in [2.05, 4.69) is 34.9 Å². The molecule has 0 radical (unpaired) electrons.